The second-order valence-electron chi connectivity index (χ2n) is 8.23. The van der Waals surface area contributed by atoms with Crippen molar-refractivity contribution in [3.05, 3.63) is 15.6 Å². The standard InChI is InChI=1S/C20H31N3O3S/c24-19(21-10-7-20(25)8-12-26-13-9-20)23-11-3-4-15(14-23)18-22-16-5-1-2-6-17(16)27-18/h15,25H,1-14H2,(H,21,24). The first-order valence-corrected chi connectivity index (χ1v) is 11.3. The van der Waals surface area contributed by atoms with Gasteiger partial charge in [0.2, 0.25) is 0 Å². The normalized spacial score (nSPS) is 25.1. The van der Waals surface area contributed by atoms with E-state index in [2.05, 4.69) is 5.32 Å². The molecular weight excluding hydrogens is 362 g/mol. The summed E-state index contributed by atoms with van der Waals surface area (Å²) in [6.45, 7) is 3.30. The van der Waals surface area contributed by atoms with Crippen molar-refractivity contribution in [2.75, 3.05) is 32.8 Å². The van der Waals surface area contributed by atoms with Gasteiger partial charge in [-0.15, -0.1) is 11.3 Å². The molecule has 150 valence electrons. The van der Waals surface area contributed by atoms with Gasteiger partial charge in [0.1, 0.15) is 0 Å². The quantitative estimate of drug-likeness (QED) is 0.825. The molecule has 1 unspecified atom stereocenters. The lowest BCUT2D eigenvalue weighted by molar-refractivity contribution is -0.0670. The molecule has 1 aromatic rings. The highest BCUT2D eigenvalue weighted by molar-refractivity contribution is 7.11. The molecule has 0 radical (unpaired) electrons. The maximum Gasteiger partial charge on any atom is 0.317 e. The minimum atomic E-state index is -0.685. The lowest BCUT2D eigenvalue weighted by Gasteiger charge is -2.34. The number of fused-ring (bicyclic) bond motifs is 1. The summed E-state index contributed by atoms with van der Waals surface area (Å²) in [5.74, 6) is 0.375. The van der Waals surface area contributed by atoms with E-state index < -0.39 is 5.60 Å². The Morgan fingerprint density at radius 1 is 1.30 bits per heavy atom. The number of hydrogen-bond acceptors (Lipinski definition) is 5. The summed E-state index contributed by atoms with van der Waals surface area (Å²) < 4.78 is 5.31. The molecule has 0 spiro atoms. The fourth-order valence-electron chi connectivity index (χ4n) is 4.43. The van der Waals surface area contributed by atoms with Crippen LogP contribution < -0.4 is 5.32 Å². The Balaban J connectivity index is 1.28. The molecule has 1 aromatic heterocycles. The Kier molecular flexibility index (Phi) is 5.99. The molecule has 27 heavy (non-hydrogen) atoms. The number of amides is 2. The third-order valence-electron chi connectivity index (χ3n) is 6.21. The van der Waals surface area contributed by atoms with Gasteiger partial charge in [0.05, 0.1) is 16.3 Å². The number of nitrogens with one attached hydrogen (secondary N) is 1. The number of carbonyl (C=O) groups excluding carboxylic acids is 1. The SMILES string of the molecule is O=C(NCCC1(O)CCOCC1)N1CCCC(c2nc3c(s2)CCCC3)C1. The number of aryl methyl sites for hydroxylation is 2. The molecule has 6 nitrogen and oxygen atoms in total. The van der Waals surface area contributed by atoms with Crippen LogP contribution in [-0.2, 0) is 17.6 Å². The average molecular weight is 394 g/mol. The first kappa shape index (κ1) is 19.2. The van der Waals surface area contributed by atoms with E-state index in [1.54, 1.807) is 0 Å². The number of nitrogens with zero attached hydrogens (tertiary/aromatic N) is 2. The smallest absolute Gasteiger partial charge is 0.317 e. The van der Waals surface area contributed by atoms with Gasteiger partial charge in [-0.3, -0.25) is 0 Å². The summed E-state index contributed by atoms with van der Waals surface area (Å²) in [6, 6.07) is -0.00308. The zero-order valence-electron chi connectivity index (χ0n) is 16.0. The third-order valence-corrected chi connectivity index (χ3v) is 7.53. The van der Waals surface area contributed by atoms with Crippen molar-refractivity contribution in [2.45, 2.75) is 69.3 Å². The predicted octanol–water partition coefficient (Wildman–Crippen LogP) is 2.84. The molecule has 0 bridgehead atoms. The molecule has 2 fully saturated rings. The van der Waals surface area contributed by atoms with Crippen molar-refractivity contribution in [3.63, 3.8) is 0 Å². The van der Waals surface area contributed by atoms with E-state index in [1.807, 2.05) is 16.2 Å². The van der Waals surface area contributed by atoms with Gasteiger partial charge in [-0.2, -0.15) is 0 Å². The second kappa shape index (κ2) is 8.45. The number of hydrogen-bond donors (Lipinski definition) is 2. The van der Waals surface area contributed by atoms with Gasteiger partial charge in [-0.25, -0.2) is 9.78 Å². The molecule has 3 heterocycles. The summed E-state index contributed by atoms with van der Waals surface area (Å²) >= 11 is 1.88. The van der Waals surface area contributed by atoms with Gasteiger partial charge >= 0.3 is 6.03 Å². The number of rotatable bonds is 4. The Morgan fingerprint density at radius 3 is 2.93 bits per heavy atom. The van der Waals surface area contributed by atoms with Gasteiger partial charge in [0.25, 0.3) is 0 Å². The number of ether oxygens (including phenoxy) is 1. The van der Waals surface area contributed by atoms with Crippen molar-refractivity contribution >= 4 is 17.4 Å². The zero-order chi connectivity index (χ0) is 18.7. The van der Waals surface area contributed by atoms with Crippen molar-refractivity contribution in [2.24, 2.45) is 0 Å². The minimum Gasteiger partial charge on any atom is -0.390 e. The number of aromatic nitrogens is 1. The third kappa shape index (κ3) is 4.63. The minimum absolute atomic E-state index is 0.00308. The second-order valence-corrected chi connectivity index (χ2v) is 9.35. The molecule has 2 aliphatic heterocycles. The van der Waals surface area contributed by atoms with Gasteiger partial charge in [0, 0.05) is 43.6 Å². The summed E-state index contributed by atoms with van der Waals surface area (Å²) in [6.07, 6.45) is 8.90. The molecule has 1 aliphatic carbocycles. The van der Waals surface area contributed by atoms with E-state index in [0.29, 0.717) is 44.9 Å². The maximum absolute atomic E-state index is 12.6. The Morgan fingerprint density at radius 2 is 2.11 bits per heavy atom. The number of urea groups is 1. The fraction of sp³-hybridized carbons (Fsp3) is 0.800. The average Bonchev–Trinajstić information content (AvgIpc) is 3.13. The molecule has 2 saturated heterocycles. The lowest BCUT2D eigenvalue weighted by Crippen LogP contribution is -2.47. The summed E-state index contributed by atoms with van der Waals surface area (Å²) in [7, 11) is 0. The highest BCUT2D eigenvalue weighted by atomic mass is 32.1. The first-order chi connectivity index (χ1) is 13.1. The molecule has 0 aromatic carbocycles. The number of carbonyl (C=O) groups is 1. The summed E-state index contributed by atoms with van der Waals surface area (Å²) in [4.78, 5) is 20.9. The topological polar surface area (TPSA) is 74.7 Å². The van der Waals surface area contributed by atoms with E-state index in [4.69, 9.17) is 9.72 Å². The van der Waals surface area contributed by atoms with Crippen LogP contribution in [0.5, 0.6) is 0 Å². The molecule has 7 heteroatoms. The van der Waals surface area contributed by atoms with Gasteiger partial charge in [-0.1, -0.05) is 0 Å². The lowest BCUT2D eigenvalue weighted by atomic mass is 9.91. The van der Waals surface area contributed by atoms with E-state index in [9.17, 15) is 9.90 Å². The van der Waals surface area contributed by atoms with Crippen LogP contribution in [0.25, 0.3) is 0 Å². The van der Waals surface area contributed by atoms with Crippen molar-refractivity contribution in [3.8, 4) is 0 Å². The molecular formula is C20H31N3O3S. The largest absolute Gasteiger partial charge is 0.390 e. The fourth-order valence-corrected chi connectivity index (χ4v) is 5.70. The Hall–Kier alpha value is -1.18. The molecule has 1 atom stereocenters. The van der Waals surface area contributed by atoms with E-state index in [1.165, 1.54) is 34.8 Å². The number of piperidine rings is 1. The first-order valence-electron chi connectivity index (χ1n) is 10.4. The van der Waals surface area contributed by atoms with Crippen molar-refractivity contribution in [1.82, 2.24) is 15.2 Å². The zero-order valence-corrected chi connectivity index (χ0v) is 16.9. The van der Waals surface area contributed by atoms with Crippen molar-refractivity contribution < 1.29 is 14.6 Å². The predicted molar refractivity (Wildman–Crippen MR) is 105 cm³/mol. The molecule has 2 amide bonds. The highest BCUT2D eigenvalue weighted by Crippen LogP contribution is 2.34. The number of likely N-dealkylation sites (tertiary alicyclic amines) is 1. The van der Waals surface area contributed by atoms with Crippen LogP contribution >= 0.6 is 11.3 Å². The van der Waals surface area contributed by atoms with Crippen LogP contribution in [0.1, 0.15) is 66.4 Å². The van der Waals surface area contributed by atoms with Crippen LogP contribution in [0, 0.1) is 0 Å². The van der Waals surface area contributed by atoms with E-state index in [0.717, 1.165) is 32.4 Å². The number of aliphatic hydroxyl groups is 1. The Labute approximate surface area is 165 Å². The molecule has 0 saturated carbocycles. The van der Waals surface area contributed by atoms with Gasteiger partial charge in [-0.05, 0) is 57.8 Å². The van der Waals surface area contributed by atoms with Crippen LogP contribution in [0.3, 0.4) is 0 Å². The van der Waals surface area contributed by atoms with Gasteiger partial charge < -0.3 is 20.1 Å². The van der Waals surface area contributed by atoms with E-state index in [-0.39, 0.29) is 6.03 Å². The highest BCUT2D eigenvalue weighted by Gasteiger charge is 2.31. The van der Waals surface area contributed by atoms with Gasteiger partial charge in [0.15, 0.2) is 0 Å². The van der Waals surface area contributed by atoms with Crippen molar-refractivity contribution in [1.29, 1.82) is 0 Å². The van der Waals surface area contributed by atoms with Crippen LogP contribution in [-0.4, -0.2) is 59.5 Å². The molecule has 3 aliphatic rings. The summed E-state index contributed by atoms with van der Waals surface area (Å²) in [5, 5.41) is 14.8. The summed E-state index contributed by atoms with van der Waals surface area (Å²) in [5.41, 5.74) is 0.628. The van der Waals surface area contributed by atoms with E-state index >= 15 is 0 Å². The monoisotopic (exact) mass is 393 g/mol. The Bertz CT molecular complexity index is 633. The van der Waals surface area contributed by atoms with Crippen LogP contribution in [0.4, 0.5) is 4.79 Å². The van der Waals surface area contributed by atoms with Crippen LogP contribution in [0.2, 0.25) is 0 Å². The molecule has 4 rings (SSSR count). The molecule has 2 N–H and O–H groups in total. The maximum atomic E-state index is 12.6. The number of thiazole rings is 1. The van der Waals surface area contributed by atoms with Crippen LogP contribution in [0.15, 0.2) is 0 Å².